The van der Waals surface area contributed by atoms with Gasteiger partial charge in [-0.05, 0) is 51.8 Å². The van der Waals surface area contributed by atoms with Gasteiger partial charge in [-0.15, -0.1) is 15.3 Å². The van der Waals surface area contributed by atoms with E-state index >= 15 is 0 Å². The molecule has 132 valence electrons. The monoisotopic (exact) mass is 341 g/mol. The van der Waals surface area contributed by atoms with Crippen molar-refractivity contribution in [2.45, 2.75) is 40.5 Å². The number of rotatable bonds is 5. The molecule has 3 heterocycles. The molecule has 0 N–H and O–H groups in total. The van der Waals surface area contributed by atoms with Gasteiger partial charge in [-0.1, -0.05) is 0 Å². The Hall–Kier alpha value is -2.77. The highest BCUT2D eigenvalue weighted by molar-refractivity contribution is 5.76. The third-order valence-corrected chi connectivity index (χ3v) is 4.55. The predicted octanol–water partition coefficient (Wildman–Crippen LogP) is 1.65. The molecule has 0 fully saturated rings. The number of nitrogens with zero attached hydrogens (tertiary/aromatic N) is 7. The van der Waals surface area contributed by atoms with Crippen molar-refractivity contribution in [2.75, 3.05) is 13.6 Å². The highest BCUT2D eigenvalue weighted by Gasteiger charge is 2.16. The van der Waals surface area contributed by atoms with Crippen LogP contribution in [0.1, 0.15) is 36.1 Å². The van der Waals surface area contributed by atoms with Gasteiger partial charge in [-0.3, -0.25) is 4.79 Å². The molecule has 0 saturated carbocycles. The summed E-state index contributed by atoms with van der Waals surface area (Å²) in [7, 11) is 1.83. The summed E-state index contributed by atoms with van der Waals surface area (Å²) in [6, 6.07) is 3.75. The minimum Gasteiger partial charge on any atom is -0.346 e. The second-order valence-corrected chi connectivity index (χ2v) is 6.18. The minimum atomic E-state index is 0.147. The fraction of sp³-hybridized carbons (Fsp3) is 0.471. The molecule has 0 bridgehead atoms. The van der Waals surface area contributed by atoms with Gasteiger partial charge in [0.15, 0.2) is 17.3 Å². The fourth-order valence-corrected chi connectivity index (χ4v) is 2.86. The second-order valence-electron chi connectivity index (χ2n) is 6.18. The number of aromatic nitrogens is 6. The number of hydrogen-bond donors (Lipinski definition) is 0. The molecule has 3 rings (SSSR count). The van der Waals surface area contributed by atoms with Crippen molar-refractivity contribution < 1.29 is 4.79 Å². The average molecular weight is 341 g/mol. The van der Waals surface area contributed by atoms with E-state index in [0.717, 1.165) is 29.3 Å². The Labute approximate surface area is 146 Å². The molecular formula is C17H23N7O. The molecule has 0 spiro atoms. The van der Waals surface area contributed by atoms with Crippen molar-refractivity contribution in [3.63, 3.8) is 0 Å². The highest BCUT2D eigenvalue weighted by Crippen LogP contribution is 2.19. The van der Waals surface area contributed by atoms with Gasteiger partial charge in [-0.2, -0.15) is 9.61 Å². The molecule has 1 amide bonds. The zero-order chi connectivity index (χ0) is 18.1. The molecule has 0 aliphatic carbocycles. The van der Waals surface area contributed by atoms with E-state index in [1.54, 1.807) is 9.42 Å². The van der Waals surface area contributed by atoms with Gasteiger partial charge >= 0.3 is 0 Å². The van der Waals surface area contributed by atoms with Crippen molar-refractivity contribution in [3.05, 3.63) is 34.9 Å². The highest BCUT2D eigenvalue weighted by atomic mass is 16.2. The number of carbonyl (C=O) groups excluding carboxylic acids is 1. The summed E-state index contributed by atoms with van der Waals surface area (Å²) in [6.07, 6.45) is 1.16. The lowest BCUT2D eigenvalue weighted by molar-refractivity contribution is -0.129. The first-order valence-corrected chi connectivity index (χ1v) is 8.40. The molecule has 0 atom stereocenters. The van der Waals surface area contributed by atoms with Crippen LogP contribution in [-0.2, 0) is 11.2 Å². The topological polar surface area (TPSA) is 81.2 Å². The molecule has 3 aromatic heterocycles. The standard InChI is InChI=1S/C17H23N7O/c1-6-22(5)17(25)10-7-14-11(2)20-23(12(14)3)16-9-8-15-19-18-13(4)24(15)21-16/h8-9H,6-7,10H2,1-5H3. The van der Waals surface area contributed by atoms with Gasteiger partial charge < -0.3 is 4.90 Å². The molecule has 0 aromatic carbocycles. The summed E-state index contributed by atoms with van der Waals surface area (Å²) >= 11 is 0. The molecule has 0 aliphatic rings. The Kier molecular flexibility index (Phi) is 4.52. The zero-order valence-electron chi connectivity index (χ0n) is 15.3. The third-order valence-electron chi connectivity index (χ3n) is 4.55. The molecule has 3 aromatic rings. The minimum absolute atomic E-state index is 0.147. The van der Waals surface area contributed by atoms with Crippen LogP contribution in [0.4, 0.5) is 0 Å². The molecule has 8 heteroatoms. The first-order chi connectivity index (χ1) is 11.9. The maximum atomic E-state index is 12.1. The first-order valence-electron chi connectivity index (χ1n) is 8.40. The lowest BCUT2D eigenvalue weighted by atomic mass is 10.1. The molecule has 0 radical (unpaired) electrons. The first kappa shape index (κ1) is 17.1. The maximum Gasteiger partial charge on any atom is 0.222 e. The average Bonchev–Trinajstić information content (AvgIpc) is 3.12. The van der Waals surface area contributed by atoms with Crippen LogP contribution < -0.4 is 0 Å². The van der Waals surface area contributed by atoms with Crippen molar-refractivity contribution in [3.8, 4) is 5.82 Å². The maximum absolute atomic E-state index is 12.1. The van der Waals surface area contributed by atoms with Crippen LogP contribution in [0.15, 0.2) is 12.1 Å². The quantitative estimate of drug-likeness (QED) is 0.705. The largest absolute Gasteiger partial charge is 0.346 e. The molecule has 8 nitrogen and oxygen atoms in total. The van der Waals surface area contributed by atoms with E-state index in [0.29, 0.717) is 24.3 Å². The Morgan fingerprint density at radius 3 is 2.64 bits per heavy atom. The van der Waals surface area contributed by atoms with Gasteiger partial charge in [-0.25, -0.2) is 4.68 Å². The summed E-state index contributed by atoms with van der Waals surface area (Å²) in [5.41, 5.74) is 3.73. The van der Waals surface area contributed by atoms with Crippen LogP contribution >= 0.6 is 0 Å². The fourth-order valence-electron chi connectivity index (χ4n) is 2.86. The number of amides is 1. The van der Waals surface area contributed by atoms with Gasteiger partial charge in [0.1, 0.15) is 0 Å². The molecular weight excluding hydrogens is 318 g/mol. The van der Waals surface area contributed by atoms with E-state index in [1.807, 2.05) is 51.6 Å². The van der Waals surface area contributed by atoms with Gasteiger partial charge in [0.25, 0.3) is 0 Å². The second kappa shape index (κ2) is 6.62. The summed E-state index contributed by atoms with van der Waals surface area (Å²) in [5.74, 6) is 1.58. The van der Waals surface area contributed by atoms with E-state index < -0.39 is 0 Å². The number of carbonyl (C=O) groups is 1. The predicted molar refractivity (Wildman–Crippen MR) is 93.7 cm³/mol. The molecule has 0 unspecified atom stereocenters. The Morgan fingerprint density at radius 1 is 1.16 bits per heavy atom. The van der Waals surface area contributed by atoms with E-state index in [2.05, 4.69) is 20.4 Å². The Balaban J connectivity index is 1.90. The lowest BCUT2D eigenvalue weighted by Gasteiger charge is -2.14. The zero-order valence-corrected chi connectivity index (χ0v) is 15.3. The van der Waals surface area contributed by atoms with Gasteiger partial charge in [0.2, 0.25) is 5.91 Å². The van der Waals surface area contributed by atoms with Crippen LogP contribution in [0.25, 0.3) is 11.5 Å². The van der Waals surface area contributed by atoms with Crippen molar-refractivity contribution >= 4 is 11.6 Å². The van der Waals surface area contributed by atoms with E-state index in [1.165, 1.54) is 0 Å². The number of hydrogen-bond acceptors (Lipinski definition) is 5. The smallest absolute Gasteiger partial charge is 0.222 e. The van der Waals surface area contributed by atoms with Gasteiger partial charge in [0.05, 0.1) is 5.69 Å². The van der Waals surface area contributed by atoms with Gasteiger partial charge in [0, 0.05) is 25.7 Å². The summed E-state index contributed by atoms with van der Waals surface area (Å²) in [6.45, 7) is 8.53. The summed E-state index contributed by atoms with van der Waals surface area (Å²) in [5, 5.41) is 17.3. The Morgan fingerprint density at radius 2 is 1.92 bits per heavy atom. The van der Waals surface area contributed by atoms with E-state index in [4.69, 9.17) is 0 Å². The normalized spacial score (nSPS) is 11.2. The summed E-state index contributed by atoms with van der Waals surface area (Å²) in [4.78, 5) is 13.8. The SMILES string of the molecule is CCN(C)C(=O)CCc1c(C)nn(-c2ccc3nnc(C)n3n2)c1C. The molecule has 25 heavy (non-hydrogen) atoms. The van der Waals surface area contributed by atoms with E-state index in [9.17, 15) is 4.79 Å². The molecule has 0 saturated heterocycles. The number of fused-ring (bicyclic) bond motifs is 1. The van der Waals surface area contributed by atoms with Crippen molar-refractivity contribution in [1.82, 2.24) is 34.5 Å². The Bertz CT molecular complexity index is 925. The van der Waals surface area contributed by atoms with Crippen LogP contribution in [0.5, 0.6) is 0 Å². The van der Waals surface area contributed by atoms with Crippen molar-refractivity contribution in [1.29, 1.82) is 0 Å². The molecule has 0 aliphatic heterocycles. The van der Waals surface area contributed by atoms with Crippen molar-refractivity contribution in [2.24, 2.45) is 0 Å². The van der Waals surface area contributed by atoms with Crippen LogP contribution in [0, 0.1) is 20.8 Å². The lowest BCUT2D eigenvalue weighted by Crippen LogP contribution is -2.26. The van der Waals surface area contributed by atoms with Crippen LogP contribution in [0.2, 0.25) is 0 Å². The van der Waals surface area contributed by atoms with Crippen LogP contribution in [0.3, 0.4) is 0 Å². The van der Waals surface area contributed by atoms with Crippen LogP contribution in [-0.4, -0.2) is 54.0 Å². The van der Waals surface area contributed by atoms with E-state index in [-0.39, 0.29) is 5.91 Å². The summed E-state index contributed by atoms with van der Waals surface area (Å²) < 4.78 is 3.52. The third kappa shape index (κ3) is 3.11. The number of aryl methyl sites for hydroxylation is 2.